The van der Waals surface area contributed by atoms with E-state index in [-0.39, 0.29) is 6.09 Å². The minimum atomic E-state index is -0.467. The Balaban J connectivity index is 1.85. The quantitative estimate of drug-likeness (QED) is 0.701. The first-order chi connectivity index (χ1) is 11.8. The summed E-state index contributed by atoms with van der Waals surface area (Å²) in [5, 5.41) is 0. The second-order valence-electron chi connectivity index (χ2n) is 7.57. The Labute approximate surface area is 158 Å². The molecule has 0 fully saturated rings. The van der Waals surface area contributed by atoms with Crippen LogP contribution in [0.15, 0.2) is 10.5 Å². The van der Waals surface area contributed by atoms with Gasteiger partial charge >= 0.3 is 6.09 Å². The maximum Gasteiger partial charge on any atom is 0.410 e. The number of carbonyl (C=O) groups is 1. The van der Waals surface area contributed by atoms with Gasteiger partial charge in [-0.1, -0.05) is 0 Å². The van der Waals surface area contributed by atoms with Gasteiger partial charge in [0.1, 0.15) is 18.0 Å². The van der Waals surface area contributed by atoms with E-state index in [1.165, 1.54) is 11.1 Å². The molecule has 138 valence electrons. The van der Waals surface area contributed by atoms with Gasteiger partial charge in [-0.2, -0.15) is 0 Å². The second kappa shape index (κ2) is 7.06. The number of carbonyl (C=O) groups excluding carboxylic acids is 1. The molecular formula is C19H27BrN2O3. The Bertz CT molecular complexity index is 670. The van der Waals surface area contributed by atoms with E-state index >= 15 is 0 Å². The maximum atomic E-state index is 12.4. The van der Waals surface area contributed by atoms with Crippen LogP contribution in [0, 0.1) is 0 Å². The Hall–Kier alpha value is -1.43. The van der Waals surface area contributed by atoms with Crippen molar-refractivity contribution in [2.75, 3.05) is 37.7 Å². The Morgan fingerprint density at radius 2 is 2.00 bits per heavy atom. The van der Waals surface area contributed by atoms with Crippen molar-refractivity contribution in [1.82, 2.24) is 4.90 Å². The normalized spacial score (nSPS) is 17.3. The van der Waals surface area contributed by atoms with Gasteiger partial charge in [0.15, 0.2) is 0 Å². The van der Waals surface area contributed by atoms with E-state index in [0.717, 1.165) is 48.4 Å². The third kappa shape index (κ3) is 3.89. The average Bonchev–Trinajstić information content (AvgIpc) is 2.75. The SMILES string of the molecule is CCN1CCOc2cc3c(c(Br)c21)CCN(C(=O)OC(C)(C)C)CC3. The molecule has 0 bridgehead atoms. The molecule has 3 rings (SSSR count). The summed E-state index contributed by atoms with van der Waals surface area (Å²) < 4.78 is 12.6. The number of hydrogen-bond donors (Lipinski definition) is 0. The van der Waals surface area contributed by atoms with Crippen LogP contribution in [0.1, 0.15) is 38.8 Å². The molecule has 2 aliphatic rings. The lowest BCUT2D eigenvalue weighted by Crippen LogP contribution is -2.38. The molecule has 0 radical (unpaired) electrons. The van der Waals surface area contributed by atoms with E-state index in [2.05, 4.69) is 33.8 Å². The zero-order valence-electron chi connectivity index (χ0n) is 15.5. The summed E-state index contributed by atoms with van der Waals surface area (Å²) in [5.74, 6) is 0.949. The minimum Gasteiger partial charge on any atom is -0.490 e. The fraction of sp³-hybridized carbons (Fsp3) is 0.632. The van der Waals surface area contributed by atoms with Crippen LogP contribution >= 0.6 is 15.9 Å². The molecule has 0 aromatic heterocycles. The molecular weight excluding hydrogens is 384 g/mol. The number of benzene rings is 1. The van der Waals surface area contributed by atoms with E-state index in [4.69, 9.17) is 9.47 Å². The van der Waals surface area contributed by atoms with E-state index in [1.54, 1.807) is 0 Å². The second-order valence-corrected chi connectivity index (χ2v) is 8.36. The molecule has 2 aliphatic heterocycles. The number of halogens is 1. The highest BCUT2D eigenvalue weighted by Crippen LogP contribution is 2.43. The summed E-state index contributed by atoms with van der Waals surface area (Å²) in [6, 6.07) is 2.16. The molecule has 0 spiro atoms. The molecule has 0 unspecified atom stereocenters. The van der Waals surface area contributed by atoms with Gasteiger partial charge < -0.3 is 19.3 Å². The largest absolute Gasteiger partial charge is 0.490 e. The van der Waals surface area contributed by atoms with Crippen LogP contribution in [0.25, 0.3) is 0 Å². The third-order valence-electron chi connectivity index (χ3n) is 4.65. The predicted molar refractivity (Wildman–Crippen MR) is 103 cm³/mol. The lowest BCUT2D eigenvalue weighted by Gasteiger charge is -2.32. The summed E-state index contributed by atoms with van der Waals surface area (Å²) in [5.41, 5.74) is 3.23. The molecule has 2 heterocycles. The summed E-state index contributed by atoms with van der Waals surface area (Å²) >= 11 is 3.82. The lowest BCUT2D eigenvalue weighted by molar-refractivity contribution is 0.0258. The lowest BCUT2D eigenvalue weighted by atomic mass is 10.0. The Morgan fingerprint density at radius 1 is 1.28 bits per heavy atom. The number of ether oxygens (including phenoxy) is 2. The minimum absolute atomic E-state index is 0.229. The van der Waals surface area contributed by atoms with Crippen LogP contribution in [-0.2, 0) is 17.6 Å². The molecule has 5 nitrogen and oxygen atoms in total. The first-order valence-electron chi connectivity index (χ1n) is 9.00. The molecule has 1 aromatic rings. The van der Waals surface area contributed by atoms with Crippen molar-refractivity contribution >= 4 is 27.7 Å². The highest BCUT2D eigenvalue weighted by Gasteiger charge is 2.28. The third-order valence-corrected chi connectivity index (χ3v) is 5.50. The summed E-state index contributed by atoms with van der Waals surface area (Å²) in [6.45, 7) is 11.8. The first kappa shape index (κ1) is 18.4. The van der Waals surface area contributed by atoms with Crippen LogP contribution in [0.3, 0.4) is 0 Å². The summed E-state index contributed by atoms with van der Waals surface area (Å²) in [7, 11) is 0. The van der Waals surface area contributed by atoms with Crippen LogP contribution in [-0.4, -0.2) is 49.4 Å². The number of rotatable bonds is 1. The molecule has 0 saturated heterocycles. The van der Waals surface area contributed by atoms with Gasteiger partial charge in [0, 0.05) is 24.1 Å². The molecule has 1 amide bonds. The molecule has 0 saturated carbocycles. The van der Waals surface area contributed by atoms with Crippen molar-refractivity contribution in [2.24, 2.45) is 0 Å². The smallest absolute Gasteiger partial charge is 0.410 e. The molecule has 0 atom stereocenters. The molecule has 25 heavy (non-hydrogen) atoms. The Morgan fingerprint density at radius 3 is 2.68 bits per heavy atom. The Kier molecular flexibility index (Phi) is 5.19. The van der Waals surface area contributed by atoms with Gasteiger partial charge in [-0.05, 0) is 73.7 Å². The fourth-order valence-corrected chi connectivity index (χ4v) is 4.32. The average molecular weight is 411 g/mol. The van der Waals surface area contributed by atoms with Crippen molar-refractivity contribution in [3.63, 3.8) is 0 Å². The van der Waals surface area contributed by atoms with Crippen molar-refractivity contribution in [2.45, 2.75) is 46.1 Å². The number of nitrogens with zero attached hydrogens (tertiary/aromatic N) is 2. The topological polar surface area (TPSA) is 42.0 Å². The maximum absolute atomic E-state index is 12.4. The molecule has 0 aliphatic carbocycles. The fourth-order valence-electron chi connectivity index (χ4n) is 3.42. The number of anilines is 1. The predicted octanol–water partition coefficient (Wildman–Crippen LogP) is 4.00. The highest BCUT2D eigenvalue weighted by molar-refractivity contribution is 9.10. The highest BCUT2D eigenvalue weighted by atomic mass is 79.9. The molecule has 6 heteroatoms. The number of amides is 1. The van der Waals surface area contributed by atoms with E-state index in [1.807, 2.05) is 25.7 Å². The van der Waals surface area contributed by atoms with Gasteiger partial charge in [0.2, 0.25) is 0 Å². The summed E-state index contributed by atoms with van der Waals surface area (Å²) in [4.78, 5) is 16.6. The van der Waals surface area contributed by atoms with Crippen LogP contribution in [0.5, 0.6) is 5.75 Å². The van der Waals surface area contributed by atoms with Gasteiger partial charge in [-0.25, -0.2) is 4.79 Å². The van der Waals surface area contributed by atoms with Crippen molar-refractivity contribution in [1.29, 1.82) is 0 Å². The van der Waals surface area contributed by atoms with E-state index < -0.39 is 5.60 Å². The van der Waals surface area contributed by atoms with Crippen molar-refractivity contribution in [3.05, 3.63) is 21.7 Å². The first-order valence-corrected chi connectivity index (χ1v) is 9.79. The summed E-state index contributed by atoms with van der Waals surface area (Å²) in [6.07, 6.45) is 1.41. The van der Waals surface area contributed by atoms with E-state index in [0.29, 0.717) is 13.1 Å². The van der Waals surface area contributed by atoms with Crippen LogP contribution in [0.2, 0.25) is 0 Å². The monoisotopic (exact) mass is 410 g/mol. The number of likely N-dealkylation sites (N-methyl/N-ethyl adjacent to an activating group) is 1. The zero-order chi connectivity index (χ0) is 18.2. The van der Waals surface area contributed by atoms with Crippen LogP contribution < -0.4 is 9.64 Å². The van der Waals surface area contributed by atoms with E-state index in [9.17, 15) is 4.79 Å². The van der Waals surface area contributed by atoms with Gasteiger partial charge in [-0.3, -0.25) is 0 Å². The number of hydrogen-bond acceptors (Lipinski definition) is 4. The van der Waals surface area contributed by atoms with Gasteiger partial charge in [-0.15, -0.1) is 0 Å². The van der Waals surface area contributed by atoms with Gasteiger partial charge in [0.05, 0.1) is 12.2 Å². The van der Waals surface area contributed by atoms with Crippen LogP contribution in [0.4, 0.5) is 10.5 Å². The molecule has 1 aromatic carbocycles. The molecule has 0 N–H and O–H groups in total. The zero-order valence-corrected chi connectivity index (χ0v) is 17.1. The number of fused-ring (bicyclic) bond motifs is 2. The standard InChI is InChI=1S/C19H27BrN2O3/c1-5-21-10-11-24-15-12-13-6-8-22(18(23)25-19(2,3)4)9-7-14(13)16(20)17(15)21/h12H,5-11H2,1-4H3. The van der Waals surface area contributed by atoms with Crippen molar-refractivity contribution < 1.29 is 14.3 Å². The van der Waals surface area contributed by atoms with Crippen molar-refractivity contribution in [3.8, 4) is 5.75 Å². The van der Waals surface area contributed by atoms with Gasteiger partial charge in [0.25, 0.3) is 0 Å².